The molecule has 0 saturated heterocycles. The molecular weight excluding hydrogens is 307 g/mol. The Labute approximate surface area is 101 Å². The number of hydrogen-bond acceptors (Lipinski definition) is 3. The standard InChI is InChI=1S/C10H9IN2O2/c1-2-3-6-12-9-5-4-8(11)7-10(9)13(14)15/h1,4-5,7,12H,3,6H2. The highest BCUT2D eigenvalue weighted by Gasteiger charge is 2.12. The van der Waals surface area contributed by atoms with E-state index < -0.39 is 4.92 Å². The minimum Gasteiger partial charge on any atom is -0.379 e. The largest absolute Gasteiger partial charge is 0.379 e. The molecule has 15 heavy (non-hydrogen) atoms. The Morgan fingerprint density at radius 1 is 1.60 bits per heavy atom. The van der Waals surface area contributed by atoms with Crippen molar-refractivity contribution >= 4 is 34.0 Å². The Kier molecular flexibility index (Phi) is 4.37. The third kappa shape index (κ3) is 3.40. The number of nitrogens with zero attached hydrogens (tertiary/aromatic N) is 1. The summed E-state index contributed by atoms with van der Waals surface area (Å²) in [5.74, 6) is 2.46. The van der Waals surface area contributed by atoms with Crippen LogP contribution in [0.15, 0.2) is 18.2 Å². The monoisotopic (exact) mass is 316 g/mol. The summed E-state index contributed by atoms with van der Waals surface area (Å²) in [4.78, 5) is 10.3. The number of nitrogens with one attached hydrogen (secondary N) is 1. The van der Waals surface area contributed by atoms with Gasteiger partial charge in [0.2, 0.25) is 0 Å². The second-order valence-corrected chi connectivity index (χ2v) is 4.05. The highest BCUT2D eigenvalue weighted by atomic mass is 127. The van der Waals surface area contributed by atoms with Crippen molar-refractivity contribution in [1.82, 2.24) is 0 Å². The topological polar surface area (TPSA) is 55.2 Å². The van der Waals surface area contributed by atoms with Crippen molar-refractivity contribution in [3.63, 3.8) is 0 Å². The number of nitro benzene ring substituents is 1. The van der Waals surface area contributed by atoms with Crippen LogP contribution in [0.25, 0.3) is 0 Å². The molecular formula is C10H9IN2O2. The number of anilines is 1. The lowest BCUT2D eigenvalue weighted by molar-refractivity contribution is -0.384. The summed E-state index contributed by atoms with van der Waals surface area (Å²) in [7, 11) is 0. The third-order valence-electron chi connectivity index (χ3n) is 1.74. The summed E-state index contributed by atoms with van der Waals surface area (Å²) >= 11 is 2.04. The summed E-state index contributed by atoms with van der Waals surface area (Å²) < 4.78 is 0.835. The van der Waals surface area contributed by atoms with Crippen LogP contribution in [-0.2, 0) is 0 Å². The highest BCUT2D eigenvalue weighted by Crippen LogP contribution is 2.25. The fourth-order valence-corrected chi connectivity index (χ4v) is 1.55. The first-order chi connectivity index (χ1) is 7.15. The lowest BCUT2D eigenvalue weighted by Crippen LogP contribution is -2.03. The van der Waals surface area contributed by atoms with Gasteiger partial charge in [0.15, 0.2) is 0 Å². The number of terminal acetylenes is 1. The van der Waals surface area contributed by atoms with E-state index in [-0.39, 0.29) is 5.69 Å². The number of benzene rings is 1. The third-order valence-corrected chi connectivity index (χ3v) is 2.41. The maximum atomic E-state index is 10.7. The van der Waals surface area contributed by atoms with Crippen LogP contribution in [0, 0.1) is 26.0 Å². The van der Waals surface area contributed by atoms with Gasteiger partial charge in [0, 0.05) is 22.6 Å². The Morgan fingerprint density at radius 2 is 2.33 bits per heavy atom. The molecule has 0 aromatic heterocycles. The summed E-state index contributed by atoms with van der Waals surface area (Å²) in [5, 5.41) is 13.7. The predicted octanol–water partition coefficient (Wildman–Crippen LogP) is 2.63. The molecule has 1 aromatic rings. The van der Waals surface area contributed by atoms with E-state index in [2.05, 4.69) is 11.2 Å². The van der Waals surface area contributed by atoms with Crippen molar-refractivity contribution < 1.29 is 4.92 Å². The Balaban J connectivity index is 2.87. The van der Waals surface area contributed by atoms with Crippen LogP contribution < -0.4 is 5.32 Å². The second kappa shape index (κ2) is 5.56. The van der Waals surface area contributed by atoms with Crippen LogP contribution in [-0.4, -0.2) is 11.5 Å². The SMILES string of the molecule is C#CCCNc1ccc(I)cc1[N+](=O)[O-]. The van der Waals surface area contributed by atoms with Crippen molar-refractivity contribution in [2.75, 3.05) is 11.9 Å². The zero-order chi connectivity index (χ0) is 11.3. The maximum absolute atomic E-state index is 10.7. The molecule has 0 bridgehead atoms. The summed E-state index contributed by atoms with van der Waals surface area (Å²) in [5.41, 5.74) is 0.592. The van der Waals surface area contributed by atoms with E-state index in [1.807, 2.05) is 28.7 Å². The Hall–Kier alpha value is -1.29. The molecule has 0 radical (unpaired) electrons. The second-order valence-electron chi connectivity index (χ2n) is 2.80. The molecule has 78 valence electrons. The van der Waals surface area contributed by atoms with E-state index in [9.17, 15) is 10.1 Å². The van der Waals surface area contributed by atoms with Crippen molar-refractivity contribution in [2.24, 2.45) is 0 Å². The van der Waals surface area contributed by atoms with E-state index >= 15 is 0 Å². The van der Waals surface area contributed by atoms with E-state index in [1.165, 1.54) is 6.07 Å². The molecule has 0 atom stereocenters. The fraction of sp³-hybridized carbons (Fsp3) is 0.200. The zero-order valence-electron chi connectivity index (χ0n) is 7.87. The molecule has 0 heterocycles. The van der Waals surface area contributed by atoms with Crippen LogP contribution in [0.3, 0.4) is 0 Å². The van der Waals surface area contributed by atoms with Gasteiger partial charge in [-0.05, 0) is 34.7 Å². The molecule has 0 aliphatic carbocycles. The number of rotatable bonds is 4. The molecule has 4 nitrogen and oxygen atoms in total. The molecule has 0 unspecified atom stereocenters. The van der Waals surface area contributed by atoms with Gasteiger partial charge in [-0.3, -0.25) is 10.1 Å². The lowest BCUT2D eigenvalue weighted by Gasteiger charge is -2.05. The Morgan fingerprint density at radius 3 is 2.93 bits per heavy atom. The predicted molar refractivity (Wildman–Crippen MR) is 67.8 cm³/mol. The maximum Gasteiger partial charge on any atom is 0.293 e. The van der Waals surface area contributed by atoms with Crippen LogP contribution in [0.5, 0.6) is 0 Å². The first-order valence-corrected chi connectivity index (χ1v) is 5.34. The number of nitro groups is 1. The van der Waals surface area contributed by atoms with Gasteiger partial charge in [-0.25, -0.2) is 0 Å². The van der Waals surface area contributed by atoms with Gasteiger partial charge in [-0.2, -0.15) is 0 Å². The average Bonchev–Trinajstić information content (AvgIpc) is 2.20. The average molecular weight is 316 g/mol. The normalized spacial score (nSPS) is 9.33. The highest BCUT2D eigenvalue weighted by molar-refractivity contribution is 14.1. The van der Waals surface area contributed by atoms with Gasteiger partial charge in [0.1, 0.15) is 5.69 Å². The van der Waals surface area contributed by atoms with Crippen LogP contribution >= 0.6 is 22.6 Å². The molecule has 0 aliphatic rings. The van der Waals surface area contributed by atoms with Gasteiger partial charge in [-0.15, -0.1) is 12.3 Å². The molecule has 0 aliphatic heterocycles. The smallest absolute Gasteiger partial charge is 0.293 e. The number of hydrogen-bond donors (Lipinski definition) is 1. The molecule has 0 fully saturated rings. The molecule has 1 aromatic carbocycles. The van der Waals surface area contributed by atoms with Crippen molar-refractivity contribution in [3.8, 4) is 12.3 Å². The van der Waals surface area contributed by atoms with Gasteiger partial charge in [0.25, 0.3) is 5.69 Å². The summed E-state index contributed by atoms with van der Waals surface area (Å²) in [6.45, 7) is 0.540. The summed E-state index contributed by atoms with van der Waals surface area (Å²) in [6, 6.07) is 5.03. The molecule has 5 heteroatoms. The Bertz CT molecular complexity index is 412. The van der Waals surface area contributed by atoms with Crippen molar-refractivity contribution in [1.29, 1.82) is 0 Å². The quantitative estimate of drug-likeness (QED) is 0.305. The van der Waals surface area contributed by atoms with Gasteiger partial charge < -0.3 is 5.32 Å². The molecule has 0 saturated carbocycles. The first-order valence-electron chi connectivity index (χ1n) is 4.26. The van der Waals surface area contributed by atoms with Gasteiger partial charge in [0.05, 0.1) is 4.92 Å². The molecule has 0 spiro atoms. The molecule has 1 N–H and O–H groups in total. The minimum atomic E-state index is -0.402. The van der Waals surface area contributed by atoms with Crippen molar-refractivity contribution in [2.45, 2.75) is 6.42 Å². The van der Waals surface area contributed by atoms with E-state index in [4.69, 9.17) is 6.42 Å². The lowest BCUT2D eigenvalue weighted by atomic mass is 10.2. The molecule has 0 amide bonds. The number of halogens is 1. The minimum absolute atomic E-state index is 0.0823. The zero-order valence-corrected chi connectivity index (χ0v) is 10.0. The molecule has 1 rings (SSSR count). The van der Waals surface area contributed by atoms with Crippen LogP contribution in [0.2, 0.25) is 0 Å². The van der Waals surface area contributed by atoms with Crippen LogP contribution in [0.1, 0.15) is 6.42 Å². The first kappa shape index (κ1) is 11.8. The van der Waals surface area contributed by atoms with E-state index in [0.29, 0.717) is 18.7 Å². The van der Waals surface area contributed by atoms with E-state index in [1.54, 1.807) is 6.07 Å². The van der Waals surface area contributed by atoms with E-state index in [0.717, 1.165) is 3.57 Å². The fourth-order valence-electron chi connectivity index (χ4n) is 1.07. The van der Waals surface area contributed by atoms with Gasteiger partial charge >= 0.3 is 0 Å². The van der Waals surface area contributed by atoms with Gasteiger partial charge in [-0.1, -0.05) is 0 Å². The van der Waals surface area contributed by atoms with Crippen molar-refractivity contribution in [3.05, 3.63) is 31.9 Å². The summed E-state index contributed by atoms with van der Waals surface area (Å²) in [6.07, 6.45) is 5.63. The van der Waals surface area contributed by atoms with Crippen LogP contribution in [0.4, 0.5) is 11.4 Å².